The number of nitrogens with one attached hydrogen (secondary N) is 5. The molecule has 3 aromatic rings. The minimum atomic E-state index is -1.10. The molecule has 0 spiro atoms. The number of carboxylic acid groups (broad SMARTS) is 3. The van der Waals surface area contributed by atoms with E-state index in [4.69, 9.17) is 55.2 Å². The number of esters is 2. The van der Waals surface area contributed by atoms with Gasteiger partial charge >= 0.3 is 54.2 Å². The summed E-state index contributed by atoms with van der Waals surface area (Å²) in [5, 5.41) is 40.9. The van der Waals surface area contributed by atoms with E-state index in [0.29, 0.717) is 58.5 Å². The Bertz CT molecular complexity index is 3140. The highest BCUT2D eigenvalue weighted by Crippen LogP contribution is 2.25. The quantitative estimate of drug-likeness (QED) is 0.0528. The Hall–Kier alpha value is -9.17. The number of aliphatic carboxylic acids is 3. The molecule has 0 saturated carbocycles. The molecule has 12 N–H and O–H groups in total. The summed E-state index contributed by atoms with van der Waals surface area (Å²) in [6.07, 6.45) is -0.841. The molecule has 0 aliphatic carbocycles. The van der Waals surface area contributed by atoms with Gasteiger partial charge in [-0.05, 0) is 125 Å². The molecule has 4 fully saturated rings. The molecule has 31 heteroatoms. The van der Waals surface area contributed by atoms with Gasteiger partial charge in [0.1, 0.15) is 59.7 Å². The lowest BCUT2D eigenvalue weighted by Crippen LogP contribution is -2.47. The summed E-state index contributed by atoms with van der Waals surface area (Å²) in [5.41, 5.74) is 11.9. The first kappa shape index (κ1) is 90.8. The van der Waals surface area contributed by atoms with Gasteiger partial charge in [0.15, 0.2) is 0 Å². The number of carbonyl (C=O) groups is 11. The van der Waals surface area contributed by atoms with Crippen LogP contribution in [0.1, 0.15) is 140 Å². The second-order valence-corrected chi connectivity index (χ2v) is 27.8. The summed E-state index contributed by atoms with van der Waals surface area (Å²) in [4.78, 5) is 133. The van der Waals surface area contributed by atoms with E-state index in [1.165, 1.54) is 33.8 Å². The van der Waals surface area contributed by atoms with Crippen LogP contribution in [-0.2, 0) is 81.6 Å². The lowest BCUT2D eigenvalue weighted by atomic mass is 10.1. The van der Waals surface area contributed by atoms with Crippen molar-refractivity contribution in [2.45, 2.75) is 214 Å². The average molecular weight is 1440 g/mol. The molecule has 8 atom stereocenters. The predicted octanol–water partition coefficient (Wildman–Crippen LogP) is 5.84. The lowest BCUT2D eigenvalue weighted by Gasteiger charge is -2.27. The number of alkyl carbamates (subject to hydrolysis) is 2. The minimum Gasteiger partial charge on any atom is -0.480 e. The van der Waals surface area contributed by atoms with Gasteiger partial charge in [0.25, 0.3) is 0 Å². The van der Waals surface area contributed by atoms with Crippen molar-refractivity contribution in [1.82, 2.24) is 46.2 Å². The number of ether oxygens (including phenoxy) is 6. The molecule has 6 amide bonds. The van der Waals surface area contributed by atoms with Gasteiger partial charge in [0, 0.05) is 70.0 Å². The molecule has 0 radical (unpaired) electrons. The largest absolute Gasteiger partial charge is 0.480 e. The van der Waals surface area contributed by atoms with Crippen LogP contribution in [0.3, 0.4) is 0 Å². The second-order valence-electron chi connectivity index (χ2n) is 27.8. The molecule has 7 rings (SSSR count). The first-order valence-corrected chi connectivity index (χ1v) is 32.7. The van der Waals surface area contributed by atoms with Gasteiger partial charge in [-0.25, -0.2) is 38.4 Å². The third-order valence-electron chi connectivity index (χ3n) is 14.7. The van der Waals surface area contributed by atoms with Gasteiger partial charge in [-0.3, -0.25) is 24.2 Å². The topological polar surface area (TPSA) is 429 Å². The number of likely N-dealkylation sites (tertiary alicyclic amines) is 4. The van der Waals surface area contributed by atoms with E-state index in [9.17, 15) is 52.7 Å². The maximum absolute atomic E-state index is 12.6. The standard InChI is InChI=1S/C20H29N3O5.C18H26N2O4.C14H19N3O3.C10H18N2O4.C7H13NO4.2CH4/c1-20(2,3)28-19(26)22-12-17(24)23-13-15(10-16(23)18(25)27-4)21-11-14-8-6-5-7-9-14;1-18(2,3)24-17(22)20-12-14(10-15(20)16(21)23-4)19-11-13-8-6-5-7-9-13;15-7-13(18)17-9-11(6-12(17)14(19)20)16-8-10-4-2-1-3-5-10;1-10(2,3)16-9(15)12-5-6(11)4-7(12)8(13)14;1-7(2,3)12-6(11)8-4-5(9)10;;/h5-9,15-16,21H,10-13H2,1-4H3,(H,22,26);5-9,14-15,19H,10-12H2,1-4H3;1-5,11-12,16H,6-9,15H2,(H,19,20);6-7H,4-5,11H2,1-3H3,(H,13,14);4H2,1-3H3,(H,8,11)(H,9,10);2*1H4/t15-,16+;14-,15+;11-,12+;6-,7+;;;/m1111.../s1. The van der Waals surface area contributed by atoms with Crippen LogP contribution in [-0.4, -0.2) is 232 Å². The number of carbonyl (C=O) groups excluding carboxylic acids is 8. The van der Waals surface area contributed by atoms with Crippen LogP contribution in [0, 0.1) is 0 Å². The van der Waals surface area contributed by atoms with Crippen LogP contribution < -0.4 is 38.1 Å². The van der Waals surface area contributed by atoms with Crippen molar-refractivity contribution in [2.75, 3.05) is 60.0 Å². The Morgan fingerprint density at radius 3 is 1.06 bits per heavy atom. The van der Waals surface area contributed by atoms with Gasteiger partial charge in [0.2, 0.25) is 11.8 Å². The van der Waals surface area contributed by atoms with Crippen LogP contribution in [0.25, 0.3) is 0 Å². The fourth-order valence-electron chi connectivity index (χ4n) is 10.3. The first-order chi connectivity index (χ1) is 46.6. The van der Waals surface area contributed by atoms with E-state index in [2.05, 4.69) is 26.6 Å². The van der Waals surface area contributed by atoms with Crippen LogP contribution in [0.2, 0.25) is 0 Å². The number of rotatable bonds is 18. The Labute approximate surface area is 599 Å². The van der Waals surface area contributed by atoms with E-state index < -0.39 is 107 Å². The molecule has 4 aliphatic rings. The highest BCUT2D eigenvalue weighted by atomic mass is 16.6. The molecule has 0 aromatic heterocycles. The Kier molecular flexibility index (Phi) is 38.2. The molecular weight excluding hydrogens is 1330 g/mol. The molecule has 0 unspecified atom stereocenters. The molecule has 102 heavy (non-hydrogen) atoms. The molecule has 4 aliphatic heterocycles. The number of methoxy groups -OCH3 is 2. The van der Waals surface area contributed by atoms with Crippen molar-refractivity contribution >= 4 is 66.0 Å². The van der Waals surface area contributed by atoms with Gasteiger partial charge in [-0.2, -0.15) is 0 Å². The summed E-state index contributed by atoms with van der Waals surface area (Å²) in [6, 6.07) is 26.4. The van der Waals surface area contributed by atoms with Crippen molar-refractivity contribution in [3.05, 3.63) is 108 Å². The Morgan fingerprint density at radius 2 is 0.735 bits per heavy atom. The molecule has 31 nitrogen and oxygen atoms in total. The van der Waals surface area contributed by atoms with Crippen LogP contribution >= 0.6 is 0 Å². The third kappa shape index (κ3) is 34.5. The molecule has 4 saturated heterocycles. The van der Waals surface area contributed by atoms with Gasteiger partial charge in [-0.1, -0.05) is 106 Å². The van der Waals surface area contributed by atoms with E-state index >= 15 is 0 Å². The minimum absolute atomic E-state index is 0. The van der Waals surface area contributed by atoms with Crippen molar-refractivity contribution in [3.8, 4) is 0 Å². The number of amides is 6. The van der Waals surface area contributed by atoms with E-state index in [1.807, 2.05) is 91.0 Å². The summed E-state index contributed by atoms with van der Waals surface area (Å²) < 4.78 is 30.1. The third-order valence-corrected chi connectivity index (χ3v) is 14.7. The first-order valence-electron chi connectivity index (χ1n) is 32.7. The molecule has 4 heterocycles. The zero-order chi connectivity index (χ0) is 75.3. The van der Waals surface area contributed by atoms with Crippen molar-refractivity contribution < 1.29 is 96.5 Å². The zero-order valence-electron chi connectivity index (χ0n) is 59.9. The summed E-state index contributed by atoms with van der Waals surface area (Å²) >= 11 is 0. The monoisotopic (exact) mass is 1440 g/mol. The average Bonchev–Trinajstić information content (AvgIpc) is 1.71. The summed E-state index contributed by atoms with van der Waals surface area (Å²) in [5.74, 6) is -4.67. The molecule has 0 bridgehead atoms. The van der Waals surface area contributed by atoms with E-state index in [-0.39, 0.29) is 76.9 Å². The van der Waals surface area contributed by atoms with Gasteiger partial charge in [0.05, 0.1) is 20.8 Å². The number of hydrogen-bond donors (Lipinski definition) is 10. The Balaban J connectivity index is 0.000000651. The lowest BCUT2D eigenvalue weighted by molar-refractivity contribution is -0.150. The SMILES string of the molecule is C.C.CC(C)(C)OC(=O)N1C[C@H](N)C[C@H]1C(=O)O.CC(C)(C)OC(=O)NCC(=O)O.COC(=O)[C@@H]1C[C@@H](NCc2ccccc2)CN1C(=O)CNC(=O)OC(C)(C)C.COC(=O)[C@@H]1C[C@@H](NCc2ccccc2)CN1C(=O)OC(C)(C)C.NCC(=O)N1C[C@H](NCc2ccccc2)C[C@H]1C(=O)O. The number of benzene rings is 3. The fourth-order valence-corrected chi connectivity index (χ4v) is 10.3. The predicted molar refractivity (Wildman–Crippen MR) is 380 cm³/mol. The maximum Gasteiger partial charge on any atom is 0.411 e. The smallest absolute Gasteiger partial charge is 0.411 e. The fraction of sp³-hybridized carbons (Fsp3) is 0.592. The Morgan fingerprint density at radius 1 is 0.431 bits per heavy atom. The molecular formula is C71H113N11O20. The van der Waals surface area contributed by atoms with E-state index in [1.54, 1.807) is 83.1 Å². The number of hydrogen-bond acceptors (Lipinski definition) is 22. The van der Waals surface area contributed by atoms with Crippen molar-refractivity contribution in [2.24, 2.45) is 11.5 Å². The van der Waals surface area contributed by atoms with Crippen LogP contribution in [0.4, 0.5) is 19.2 Å². The highest BCUT2D eigenvalue weighted by Gasteiger charge is 2.44. The highest BCUT2D eigenvalue weighted by molar-refractivity contribution is 5.88. The van der Waals surface area contributed by atoms with Crippen molar-refractivity contribution in [1.29, 1.82) is 0 Å². The van der Waals surface area contributed by atoms with E-state index in [0.717, 1.165) is 16.7 Å². The van der Waals surface area contributed by atoms with Crippen LogP contribution in [0.15, 0.2) is 91.0 Å². The second kappa shape index (κ2) is 42.9. The number of carboxylic acids is 3. The van der Waals surface area contributed by atoms with Crippen LogP contribution in [0.5, 0.6) is 0 Å². The van der Waals surface area contributed by atoms with Gasteiger partial charge in [-0.15, -0.1) is 0 Å². The zero-order valence-corrected chi connectivity index (χ0v) is 59.9. The summed E-state index contributed by atoms with van der Waals surface area (Å²) in [6.45, 7) is 23.5. The number of nitrogens with two attached hydrogens (primary N) is 2. The number of nitrogens with zero attached hydrogens (tertiary/aromatic N) is 4. The normalized spacial score (nSPS) is 19.7. The molecule has 572 valence electrons. The molecule has 3 aromatic carbocycles. The summed E-state index contributed by atoms with van der Waals surface area (Å²) in [7, 11) is 2.63. The maximum atomic E-state index is 12.6. The van der Waals surface area contributed by atoms with Gasteiger partial charge < -0.3 is 91.6 Å². The van der Waals surface area contributed by atoms with Crippen molar-refractivity contribution in [3.63, 3.8) is 0 Å².